The molecule has 5 heteroatoms. The van der Waals surface area contributed by atoms with Crippen molar-refractivity contribution in [1.82, 2.24) is 5.48 Å². The van der Waals surface area contributed by atoms with Gasteiger partial charge in [0, 0.05) is 19.8 Å². The highest BCUT2D eigenvalue weighted by Crippen LogP contribution is 2.06. The first-order chi connectivity index (χ1) is 8.27. The average molecular weight is 239 g/mol. The van der Waals surface area contributed by atoms with E-state index in [1.54, 1.807) is 32.4 Å². The van der Waals surface area contributed by atoms with Crippen molar-refractivity contribution in [3.8, 4) is 0 Å². The fraction of sp³-hybridized carbons (Fsp3) is 0.417. The minimum atomic E-state index is -0.279. The number of benzene rings is 1. The van der Waals surface area contributed by atoms with E-state index < -0.39 is 0 Å². The number of carbonyl (C=O) groups excluding carboxylic acids is 1. The molecule has 0 bridgehead atoms. The van der Waals surface area contributed by atoms with E-state index in [-0.39, 0.29) is 5.91 Å². The molecule has 0 aliphatic rings. The monoisotopic (exact) mass is 239 g/mol. The average Bonchev–Trinajstić information content (AvgIpc) is 2.35. The SMILES string of the molecule is COCCONC(=O)c1cccc(COC)c1. The van der Waals surface area contributed by atoms with Crippen LogP contribution in [0.25, 0.3) is 0 Å². The molecule has 1 rings (SSSR count). The van der Waals surface area contributed by atoms with Crippen LogP contribution in [0.4, 0.5) is 0 Å². The molecule has 0 aliphatic carbocycles. The molecule has 17 heavy (non-hydrogen) atoms. The summed E-state index contributed by atoms with van der Waals surface area (Å²) in [4.78, 5) is 16.6. The van der Waals surface area contributed by atoms with Gasteiger partial charge in [-0.3, -0.25) is 9.63 Å². The van der Waals surface area contributed by atoms with Crippen LogP contribution in [-0.2, 0) is 20.9 Å². The van der Waals surface area contributed by atoms with Gasteiger partial charge in [-0.25, -0.2) is 5.48 Å². The lowest BCUT2D eigenvalue weighted by Gasteiger charge is -2.06. The predicted molar refractivity (Wildman–Crippen MR) is 62.4 cm³/mol. The number of amides is 1. The first-order valence-electron chi connectivity index (χ1n) is 5.27. The smallest absolute Gasteiger partial charge is 0.274 e. The Morgan fingerprint density at radius 3 is 2.76 bits per heavy atom. The van der Waals surface area contributed by atoms with Crippen LogP contribution in [0.3, 0.4) is 0 Å². The first kappa shape index (κ1) is 13.6. The Kier molecular flexibility index (Phi) is 6.24. The van der Waals surface area contributed by atoms with Crippen LogP contribution >= 0.6 is 0 Å². The number of nitrogens with one attached hydrogen (secondary N) is 1. The Labute approximate surface area is 101 Å². The molecule has 0 atom stereocenters. The number of carbonyl (C=O) groups is 1. The molecule has 0 spiro atoms. The van der Waals surface area contributed by atoms with E-state index in [9.17, 15) is 4.79 Å². The maximum Gasteiger partial charge on any atom is 0.274 e. The number of hydrogen-bond donors (Lipinski definition) is 1. The lowest BCUT2D eigenvalue weighted by Crippen LogP contribution is -2.25. The van der Waals surface area contributed by atoms with E-state index in [1.165, 1.54) is 0 Å². The third-order valence-corrected chi connectivity index (χ3v) is 2.05. The zero-order chi connectivity index (χ0) is 12.5. The minimum absolute atomic E-state index is 0.279. The number of hydrogen-bond acceptors (Lipinski definition) is 4. The molecule has 0 unspecified atom stereocenters. The summed E-state index contributed by atoms with van der Waals surface area (Å²) < 4.78 is 9.78. The van der Waals surface area contributed by atoms with Crippen molar-refractivity contribution >= 4 is 5.91 Å². The van der Waals surface area contributed by atoms with Crippen molar-refractivity contribution in [1.29, 1.82) is 0 Å². The maximum absolute atomic E-state index is 11.6. The molecular formula is C12H17NO4. The summed E-state index contributed by atoms with van der Waals surface area (Å²) in [6.45, 7) is 1.23. The minimum Gasteiger partial charge on any atom is -0.382 e. The highest BCUT2D eigenvalue weighted by atomic mass is 16.7. The largest absolute Gasteiger partial charge is 0.382 e. The van der Waals surface area contributed by atoms with Crippen molar-refractivity contribution in [3.05, 3.63) is 35.4 Å². The van der Waals surface area contributed by atoms with E-state index in [0.717, 1.165) is 5.56 Å². The lowest BCUT2D eigenvalue weighted by molar-refractivity contribution is 0.00887. The van der Waals surface area contributed by atoms with E-state index in [1.807, 2.05) is 6.07 Å². The fourth-order valence-electron chi connectivity index (χ4n) is 1.27. The molecule has 0 radical (unpaired) electrons. The third kappa shape index (κ3) is 4.95. The van der Waals surface area contributed by atoms with Crippen molar-refractivity contribution < 1.29 is 19.1 Å². The normalized spacial score (nSPS) is 10.2. The summed E-state index contributed by atoms with van der Waals surface area (Å²) in [6.07, 6.45) is 0. The van der Waals surface area contributed by atoms with Crippen LogP contribution in [0.2, 0.25) is 0 Å². The van der Waals surface area contributed by atoms with Crippen LogP contribution in [0.15, 0.2) is 24.3 Å². The summed E-state index contributed by atoms with van der Waals surface area (Å²) in [7, 11) is 3.18. The third-order valence-electron chi connectivity index (χ3n) is 2.05. The number of rotatable bonds is 7. The molecule has 1 N–H and O–H groups in total. The molecule has 1 amide bonds. The Bertz CT molecular complexity index is 354. The van der Waals surface area contributed by atoms with Gasteiger partial charge in [0.1, 0.15) is 0 Å². The zero-order valence-corrected chi connectivity index (χ0v) is 10.1. The lowest BCUT2D eigenvalue weighted by atomic mass is 10.1. The molecule has 0 aliphatic heterocycles. The van der Waals surface area contributed by atoms with Crippen LogP contribution in [0.1, 0.15) is 15.9 Å². The summed E-state index contributed by atoms with van der Waals surface area (Å²) in [6, 6.07) is 7.18. The molecule has 1 aromatic carbocycles. The molecule has 0 aromatic heterocycles. The summed E-state index contributed by atoms with van der Waals surface area (Å²) in [5, 5.41) is 0. The van der Waals surface area contributed by atoms with E-state index in [4.69, 9.17) is 14.3 Å². The van der Waals surface area contributed by atoms with Crippen molar-refractivity contribution in [2.75, 3.05) is 27.4 Å². The van der Waals surface area contributed by atoms with Crippen molar-refractivity contribution in [2.45, 2.75) is 6.61 Å². The highest BCUT2D eigenvalue weighted by Gasteiger charge is 2.05. The van der Waals surface area contributed by atoms with Gasteiger partial charge in [0.05, 0.1) is 19.8 Å². The Morgan fingerprint density at radius 1 is 1.24 bits per heavy atom. The van der Waals surface area contributed by atoms with Crippen LogP contribution < -0.4 is 5.48 Å². The second-order valence-corrected chi connectivity index (χ2v) is 3.41. The zero-order valence-electron chi connectivity index (χ0n) is 10.1. The van der Waals surface area contributed by atoms with Gasteiger partial charge in [-0.15, -0.1) is 0 Å². The van der Waals surface area contributed by atoms with E-state index >= 15 is 0 Å². The second kappa shape index (κ2) is 7.78. The summed E-state index contributed by atoms with van der Waals surface area (Å²) >= 11 is 0. The highest BCUT2D eigenvalue weighted by molar-refractivity contribution is 5.93. The van der Waals surface area contributed by atoms with Gasteiger partial charge < -0.3 is 9.47 Å². The number of ether oxygens (including phenoxy) is 2. The van der Waals surface area contributed by atoms with Crippen LogP contribution in [0.5, 0.6) is 0 Å². The van der Waals surface area contributed by atoms with Gasteiger partial charge in [0.25, 0.3) is 5.91 Å². The van der Waals surface area contributed by atoms with Crippen LogP contribution in [-0.4, -0.2) is 33.3 Å². The fourth-order valence-corrected chi connectivity index (χ4v) is 1.27. The van der Waals surface area contributed by atoms with Gasteiger partial charge in [0.15, 0.2) is 0 Å². The number of hydroxylamine groups is 1. The Hall–Kier alpha value is -1.43. The molecule has 0 saturated heterocycles. The van der Waals surface area contributed by atoms with Gasteiger partial charge in [-0.1, -0.05) is 12.1 Å². The molecule has 0 heterocycles. The summed E-state index contributed by atoms with van der Waals surface area (Å²) in [5.74, 6) is -0.279. The molecule has 5 nitrogen and oxygen atoms in total. The molecular weight excluding hydrogens is 222 g/mol. The van der Waals surface area contributed by atoms with Crippen molar-refractivity contribution in [2.24, 2.45) is 0 Å². The first-order valence-corrected chi connectivity index (χ1v) is 5.27. The quantitative estimate of drug-likeness (QED) is 0.572. The molecule has 0 fully saturated rings. The van der Waals surface area contributed by atoms with Gasteiger partial charge in [-0.05, 0) is 17.7 Å². The molecule has 0 saturated carbocycles. The standard InChI is InChI=1S/C12H17NO4/c1-15-6-7-17-13-12(14)11-5-3-4-10(8-11)9-16-2/h3-5,8H,6-7,9H2,1-2H3,(H,13,14). The molecule has 94 valence electrons. The number of methoxy groups -OCH3 is 2. The topological polar surface area (TPSA) is 56.8 Å². The van der Waals surface area contributed by atoms with Crippen molar-refractivity contribution in [3.63, 3.8) is 0 Å². The van der Waals surface area contributed by atoms with Gasteiger partial charge in [-0.2, -0.15) is 0 Å². The van der Waals surface area contributed by atoms with Gasteiger partial charge in [0.2, 0.25) is 0 Å². The van der Waals surface area contributed by atoms with E-state index in [0.29, 0.717) is 25.4 Å². The Balaban J connectivity index is 2.47. The van der Waals surface area contributed by atoms with E-state index in [2.05, 4.69) is 5.48 Å². The Morgan fingerprint density at radius 2 is 2.06 bits per heavy atom. The van der Waals surface area contributed by atoms with Gasteiger partial charge >= 0.3 is 0 Å². The predicted octanol–water partition coefficient (Wildman–Crippen LogP) is 1.14. The van der Waals surface area contributed by atoms with Crippen LogP contribution in [0, 0.1) is 0 Å². The second-order valence-electron chi connectivity index (χ2n) is 3.41. The summed E-state index contributed by atoms with van der Waals surface area (Å²) in [5.41, 5.74) is 3.82. The molecule has 1 aromatic rings. The maximum atomic E-state index is 11.6.